The molecule has 0 unspecified atom stereocenters. The van der Waals surface area contributed by atoms with Gasteiger partial charge in [-0.3, -0.25) is 4.79 Å². The lowest BCUT2D eigenvalue weighted by molar-refractivity contribution is -0.143. The molecule has 1 heterocycles. The Morgan fingerprint density at radius 2 is 2.57 bits per heavy atom. The minimum atomic E-state index is -0.337. The van der Waals surface area contributed by atoms with Gasteiger partial charge in [0.1, 0.15) is 6.10 Å². The van der Waals surface area contributed by atoms with Crippen LogP contribution in [-0.2, 0) is 9.53 Å². The molecule has 0 bridgehead atoms. The molecule has 0 spiro atoms. The molecule has 14 heavy (non-hydrogen) atoms. The van der Waals surface area contributed by atoms with Gasteiger partial charge in [0.25, 0.3) is 0 Å². The highest BCUT2D eigenvalue weighted by molar-refractivity contribution is 7.10. The number of rotatable bonds is 4. The van der Waals surface area contributed by atoms with Crippen molar-refractivity contribution in [1.29, 1.82) is 0 Å². The zero-order valence-electron chi connectivity index (χ0n) is 7.77. The topological polar surface area (TPSA) is 26.3 Å². The number of ether oxygens (including phenoxy) is 1. The van der Waals surface area contributed by atoms with Gasteiger partial charge in [-0.15, -0.1) is 22.9 Å². The predicted octanol–water partition coefficient (Wildman–Crippen LogP) is 2.93. The number of esters is 1. The lowest BCUT2D eigenvalue weighted by Crippen LogP contribution is -2.14. The number of thiophene rings is 1. The van der Waals surface area contributed by atoms with Crippen molar-refractivity contribution in [2.45, 2.75) is 13.0 Å². The number of carbonyl (C=O) groups excluding carboxylic acids is 1. The van der Waals surface area contributed by atoms with E-state index >= 15 is 0 Å². The fourth-order valence-corrected chi connectivity index (χ4v) is 1.72. The lowest BCUT2D eigenvalue weighted by atomic mass is 10.3. The van der Waals surface area contributed by atoms with E-state index in [4.69, 9.17) is 16.3 Å². The molecule has 0 saturated heterocycles. The summed E-state index contributed by atoms with van der Waals surface area (Å²) in [5.41, 5.74) is 0. The van der Waals surface area contributed by atoms with Crippen LogP contribution in [0.1, 0.15) is 11.8 Å². The van der Waals surface area contributed by atoms with Crippen LogP contribution in [0.4, 0.5) is 0 Å². The molecule has 0 amide bonds. The first-order chi connectivity index (χ1) is 6.72. The van der Waals surface area contributed by atoms with E-state index < -0.39 is 0 Å². The maximum absolute atomic E-state index is 10.7. The minimum Gasteiger partial charge on any atom is -0.457 e. The van der Waals surface area contributed by atoms with Crippen molar-refractivity contribution in [3.05, 3.63) is 28.5 Å². The van der Waals surface area contributed by atoms with Crippen molar-refractivity contribution in [3.63, 3.8) is 0 Å². The Balaban J connectivity index is 2.51. The van der Waals surface area contributed by atoms with Gasteiger partial charge in [-0.1, -0.05) is 6.07 Å². The first-order valence-corrected chi connectivity index (χ1v) is 5.58. The van der Waals surface area contributed by atoms with Crippen LogP contribution in [0.15, 0.2) is 23.6 Å². The molecule has 0 aliphatic rings. The molecule has 1 aromatic heterocycles. The summed E-state index contributed by atoms with van der Waals surface area (Å²) in [6, 6.07) is 3.95. The Bertz CT molecular complexity index is 306. The van der Waals surface area contributed by atoms with E-state index in [2.05, 4.69) is 0 Å². The van der Waals surface area contributed by atoms with Gasteiger partial charge in [-0.25, -0.2) is 0 Å². The molecule has 0 N–H and O–H groups in total. The lowest BCUT2D eigenvalue weighted by Gasteiger charge is -2.08. The molecule has 1 aromatic rings. The summed E-state index contributed by atoms with van der Waals surface area (Å²) in [4.78, 5) is 11.8. The van der Waals surface area contributed by atoms with Crippen LogP contribution in [0.3, 0.4) is 0 Å². The number of hydrogen-bond acceptors (Lipinski definition) is 3. The monoisotopic (exact) mass is 230 g/mol. The highest BCUT2D eigenvalue weighted by atomic mass is 35.5. The first-order valence-electron chi connectivity index (χ1n) is 4.17. The van der Waals surface area contributed by atoms with E-state index in [-0.39, 0.29) is 18.0 Å². The second-order valence-corrected chi connectivity index (χ2v) is 3.96. The first kappa shape index (κ1) is 11.3. The maximum atomic E-state index is 10.7. The van der Waals surface area contributed by atoms with Crippen LogP contribution >= 0.6 is 22.9 Å². The van der Waals surface area contributed by atoms with Crippen molar-refractivity contribution in [3.8, 4) is 0 Å². The largest absolute Gasteiger partial charge is 0.457 e. The van der Waals surface area contributed by atoms with E-state index in [0.717, 1.165) is 4.88 Å². The summed E-state index contributed by atoms with van der Waals surface area (Å²) in [5, 5.41) is 1.99. The highest BCUT2D eigenvalue weighted by Crippen LogP contribution is 2.11. The van der Waals surface area contributed by atoms with Crippen LogP contribution in [0.2, 0.25) is 0 Å². The molecule has 0 aliphatic heterocycles. The van der Waals surface area contributed by atoms with Crippen molar-refractivity contribution in [1.82, 2.24) is 0 Å². The fourth-order valence-electron chi connectivity index (χ4n) is 0.924. The molecule has 2 nitrogen and oxygen atoms in total. The molecule has 1 rings (SSSR count). The summed E-state index contributed by atoms with van der Waals surface area (Å²) < 4.78 is 4.94. The molecule has 0 aromatic carbocycles. The predicted molar refractivity (Wildman–Crippen MR) is 59.6 cm³/mol. The van der Waals surface area contributed by atoms with Crippen molar-refractivity contribution < 1.29 is 9.53 Å². The Morgan fingerprint density at radius 3 is 3.07 bits per heavy atom. The number of hydrogen-bond donors (Lipinski definition) is 0. The molecule has 4 heteroatoms. The third-order valence-electron chi connectivity index (χ3n) is 1.49. The van der Waals surface area contributed by atoms with Gasteiger partial charge in [0.15, 0.2) is 0 Å². The average molecular weight is 231 g/mol. The summed E-state index contributed by atoms with van der Waals surface area (Å²) in [6.07, 6.45) is 3.36. The van der Waals surface area contributed by atoms with Gasteiger partial charge in [-0.2, -0.15) is 0 Å². The number of carbonyl (C=O) groups is 1. The fraction of sp³-hybridized carbons (Fsp3) is 0.300. The molecule has 76 valence electrons. The summed E-state index contributed by atoms with van der Waals surface area (Å²) >= 11 is 7.25. The average Bonchev–Trinajstić information content (AvgIpc) is 2.64. The Labute approximate surface area is 92.2 Å². The second-order valence-electron chi connectivity index (χ2n) is 2.68. The van der Waals surface area contributed by atoms with E-state index in [1.54, 1.807) is 17.4 Å². The van der Waals surface area contributed by atoms with Crippen LogP contribution in [0, 0.1) is 0 Å². The molecule has 0 radical (unpaired) electrons. The summed E-state index contributed by atoms with van der Waals surface area (Å²) in [5.74, 6) is -0.0342. The van der Waals surface area contributed by atoms with Crippen LogP contribution < -0.4 is 0 Å². The maximum Gasteiger partial charge on any atom is 0.303 e. The standard InChI is InChI=1S/C10H11ClO2S/c1-8(12)13-9(7-11)4-5-10-3-2-6-14-10/h2-6,9H,7H2,1H3/b5-4+/t9-/m0/s1. The van der Waals surface area contributed by atoms with E-state index in [9.17, 15) is 4.79 Å². The van der Waals surface area contributed by atoms with E-state index in [1.807, 2.05) is 23.6 Å². The quantitative estimate of drug-likeness (QED) is 0.587. The van der Waals surface area contributed by atoms with Gasteiger partial charge >= 0.3 is 5.97 Å². The van der Waals surface area contributed by atoms with Crippen molar-refractivity contribution in [2.24, 2.45) is 0 Å². The molecule has 0 fully saturated rings. The SMILES string of the molecule is CC(=O)O[C@@H](/C=C/c1cccs1)CCl. The van der Waals surface area contributed by atoms with Gasteiger partial charge in [0.2, 0.25) is 0 Å². The third-order valence-corrected chi connectivity index (χ3v) is 2.63. The van der Waals surface area contributed by atoms with Crippen LogP contribution in [0.25, 0.3) is 6.08 Å². The zero-order valence-corrected chi connectivity index (χ0v) is 9.35. The minimum absolute atomic E-state index is 0.279. The molecular formula is C10H11ClO2S. The molecule has 0 aliphatic carbocycles. The van der Waals surface area contributed by atoms with E-state index in [1.165, 1.54) is 6.92 Å². The van der Waals surface area contributed by atoms with E-state index in [0.29, 0.717) is 0 Å². The smallest absolute Gasteiger partial charge is 0.303 e. The Kier molecular flexibility index (Phi) is 4.70. The number of halogens is 1. The van der Waals surface area contributed by atoms with Gasteiger partial charge in [-0.05, 0) is 23.6 Å². The zero-order chi connectivity index (χ0) is 10.4. The Morgan fingerprint density at radius 1 is 1.79 bits per heavy atom. The van der Waals surface area contributed by atoms with Crippen LogP contribution in [0.5, 0.6) is 0 Å². The van der Waals surface area contributed by atoms with Crippen molar-refractivity contribution >= 4 is 35.0 Å². The van der Waals surface area contributed by atoms with Crippen molar-refractivity contribution in [2.75, 3.05) is 5.88 Å². The van der Waals surface area contributed by atoms with Gasteiger partial charge < -0.3 is 4.74 Å². The summed E-state index contributed by atoms with van der Waals surface area (Å²) in [7, 11) is 0. The third kappa shape index (κ3) is 3.94. The number of alkyl halides is 1. The van der Waals surface area contributed by atoms with Gasteiger partial charge in [0, 0.05) is 11.8 Å². The molecule has 1 atom stereocenters. The highest BCUT2D eigenvalue weighted by Gasteiger charge is 2.05. The van der Waals surface area contributed by atoms with Crippen LogP contribution in [-0.4, -0.2) is 18.0 Å². The second kappa shape index (κ2) is 5.83. The normalized spacial score (nSPS) is 13.0. The van der Waals surface area contributed by atoms with Gasteiger partial charge in [0.05, 0.1) is 5.88 Å². The Hall–Kier alpha value is -0.800. The molecular weight excluding hydrogens is 220 g/mol. The molecule has 0 saturated carbocycles. The summed E-state index contributed by atoms with van der Waals surface area (Å²) in [6.45, 7) is 1.37.